The summed E-state index contributed by atoms with van der Waals surface area (Å²) in [5.74, 6) is 3.43. The number of aliphatic hydroxyl groups is 1. The van der Waals surface area contributed by atoms with Gasteiger partial charge in [0.1, 0.15) is 11.9 Å². The molecule has 0 aliphatic carbocycles. The summed E-state index contributed by atoms with van der Waals surface area (Å²) in [7, 11) is 0. The number of hydrogen-bond acceptors (Lipinski definition) is 3. The van der Waals surface area contributed by atoms with E-state index >= 15 is 0 Å². The monoisotopic (exact) mass is 236 g/mol. The normalized spacial score (nSPS) is 32.4. The van der Waals surface area contributed by atoms with Crippen molar-refractivity contribution in [3.05, 3.63) is 29.8 Å². The van der Waals surface area contributed by atoms with Gasteiger partial charge in [0, 0.05) is 12.2 Å². The first-order chi connectivity index (χ1) is 7.83. The highest BCUT2D eigenvalue weighted by atomic mass is 32.2. The smallest absolute Gasteiger partial charge is 0.123 e. The highest BCUT2D eigenvalue weighted by molar-refractivity contribution is 7.99. The van der Waals surface area contributed by atoms with Crippen LogP contribution in [0.2, 0.25) is 0 Å². The maximum Gasteiger partial charge on any atom is 0.123 e. The third-order valence-corrected chi connectivity index (χ3v) is 4.69. The Morgan fingerprint density at radius 2 is 2.19 bits per heavy atom. The molecule has 0 aromatic heterocycles. The third kappa shape index (κ3) is 1.94. The summed E-state index contributed by atoms with van der Waals surface area (Å²) in [4.78, 5) is 0. The fourth-order valence-corrected chi connectivity index (χ4v) is 3.85. The Balaban J connectivity index is 1.63. The highest BCUT2D eigenvalue weighted by Crippen LogP contribution is 2.34. The average Bonchev–Trinajstić information content (AvgIpc) is 2.85. The summed E-state index contributed by atoms with van der Waals surface area (Å²) in [6.07, 6.45) is 2.14. The van der Waals surface area contributed by atoms with Crippen LogP contribution < -0.4 is 4.74 Å². The van der Waals surface area contributed by atoms with E-state index in [1.165, 1.54) is 5.56 Å². The van der Waals surface area contributed by atoms with Crippen LogP contribution >= 0.6 is 11.8 Å². The van der Waals surface area contributed by atoms with E-state index < -0.39 is 0 Å². The minimum Gasteiger partial charge on any atom is -0.490 e. The first-order valence-corrected chi connectivity index (χ1v) is 6.99. The van der Waals surface area contributed by atoms with Crippen LogP contribution in [-0.4, -0.2) is 28.8 Å². The second-order valence-corrected chi connectivity index (χ2v) is 5.73. The molecule has 0 amide bonds. The molecular formula is C13H16O2S. The second kappa shape index (κ2) is 4.30. The molecular weight excluding hydrogens is 220 g/mol. The van der Waals surface area contributed by atoms with Gasteiger partial charge >= 0.3 is 0 Å². The number of rotatable bonds is 2. The number of aliphatic hydroxyl groups excluding tert-OH is 1. The first-order valence-electron chi connectivity index (χ1n) is 5.83. The van der Waals surface area contributed by atoms with Crippen LogP contribution in [0.25, 0.3) is 0 Å². The van der Waals surface area contributed by atoms with E-state index in [0.29, 0.717) is 5.92 Å². The van der Waals surface area contributed by atoms with Crippen molar-refractivity contribution >= 4 is 11.8 Å². The van der Waals surface area contributed by atoms with Gasteiger partial charge in [-0.15, -0.1) is 0 Å². The molecule has 0 bridgehead atoms. The van der Waals surface area contributed by atoms with Crippen molar-refractivity contribution in [2.75, 3.05) is 11.5 Å². The summed E-state index contributed by atoms with van der Waals surface area (Å²) < 4.78 is 5.90. The summed E-state index contributed by atoms with van der Waals surface area (Å²) >= 11 is 1.85. The standard InChI is InChI=1S/C13H16O2S/c14-12-8-16-7-10(12)6-11-5-9-3-1-2-4-13(9)15-11/h1-4,10-12,14H,5-8H2. The average molecular weight is 236 g/mol. The van der Waals surface area contributed by atoms with E-state index in [0.717, 1.165) is 30.1 Å². The molecule has 86 valence electrons. The second-order valence-electron chi connectivity index (χ2n) is 4.65. The zero-order chi connectivity index (χ0) is 11.0. The van der Waals surface area contributed by atoms with E-state index in [-0.39, 0.29) is 12.2 Å². The molecule has 1 aromatic rings. The molecule has 1 saturated heterocycles. The fourth-order valence-electron chi connectivity index (χ4n) is 2.54. The van der Waals surface area contributed by atoms with Crippen molar-refractivity contribution in [3.8, 4) is 5.75 Å². The lowest BCUT2D eigenvalue weighted by Crippen LogP contribution is -2.25. The van der Waals surface area contributed by atoms with E-state index in [4.69, 9.17) is 4.74 Å². The Kier molecular flexibility index (Phi) is 2.82. The van der Waals surface area contributed by atoms with Crippen LogP contribution in [-0.2, 0) is 6.42 Å². The van der Waals surface area contributed by atoms with Gasteiger partial charge in [-0.1, -0.05) is 18.2 Å². The number of para-hydroxylation sites is 1. The van der Waals surface area contributed by atoms with Crippen LogP contribution in [0.15, 0.2) is 24.3 Å². The molecule has 1 aromatic carbocycles. The molecule has 0 radical (unpaired) electrons. The topological polar surface area (TPSA) is 29.5 Å². The van der Waals surface area contributed by atoms with Crippen molar-refractivity contribution in [3.63, 3.8) is 0 Å². The van der Waals surface area contributed by atoms with Gasteiger partial charge in [0.15, 0.2) is 0 Å². The Morgan fingerprint density at radius 1 is 1.31 bits per heavy atom. The Hall–Kier alpha value is -0.670. The van der Waals surface area contributed by atoms with Gasteiger partial charge in [-0.3, -0.25) is 0 Å². The summed E-state index contributed by atoms with van der Waals surface area (Å²) in [6, 6.07) is 8.25. The molecule has 2 aliphatic rings. The molecule has 16 heavy (non-hydrogen) atoms. The van der Waals surface area contributed by atoms with E-state index in [9.17, 15) is 5.11 Å². The predicted molar refractivity (Wildman–Crippen MR) is 66.0 cm³/mol. The number of thioether (sulfide) groups is 1. The van der Waals surface area contributed by atoms with Crippen LogP contribution in [0.5, 0.6) is 5.75 Å². The molecule has 1 fully saturated rings. The maximum atomic E-state index is 9.79. The number of benzene rings is 1. The lowest BCUT2D eigenvalue weighted by molar-refractivity contribution is 0.110. The molecule has 3 unspecified atom stereocenters. The van der Waals surface area contributed by atoms with Gasteiger partial charge in [-0.2, -0.15) is 11.8 Å². The van der Waals surface area contributed by atoms with Gasteiger partial charge in [0.25, 0.3) is 0 Å². The largest absolute Gasteiger partial charge is 0.490 e. The molecule has 2 nitrogen and oxygen atoms in total. The highest BCUT2D eigenvalue weighted by Gasteiger charge is 2.31. The van der Waals surface area contributed by atoms with Gasteiger partial charge in [0.2, 0.25) is 0 Å². The quantitative estimate of drug-likeness (QED) is 0.852. The minimum atomic E-state index is -0.127. The number of fused-ring (bicyclic) bond motifs is 1. The molecule has 3 heteroatoms. The molecule has 1 N–H and O–H groups in total. The van der Waals surface area contributed by atoms with Crippen LogP contribution in [0, 0.1) is 5.92 Å². The lowest BCUT2D eigenvalue weighted by Gasteiger charge is -2.17. The van der Waals surface area contributed by atoms with Crippen LogP contribution in [0.4, 0.5) is 0 Å². The molecule has 0 spiro atoms. The predicted octanol–water partition coefficient (Wildman–Crippen LogP) is 2.10. The third-order valence-electron chi connectivity index (χ3n) is 3.44. The fraction of sp³-hybridized carbons (Fsp3) is 0.538. The summed E-state index contributed by atoms with van der Waals surface area (Å²) in [6.45, 7) is 0. The first kappa shape index (κ1) is 10.5. The van der Waals surface area contributed by atoms with Crippen molar-refractivity contribution in [1.29, 1.82) is 0 Å². The van der Waals surface area contributed by atoms with Gasteiger partial charge in [0.05, 0.1) is 6.10 Å². The molecule has 3 atom stereocenters. The van der Waals surface area contributed by atoms with Crippen molar-refractivity contribution < 1.29 is 9.84 Å². The van der Waals surface area contributed by atoms with E-state index in [1.807, 2.05) is 23.9 Å². The molecule has 0 saturated carbocycles. The Morgan fingerprint density at radius 3 is 2.94 bits per heavy atom. The zero-order valence-electron chi connectivity index (χ0n) is 9.13. The van der Waals surface area contributed by atoms with Crippen LogP contribution in [0.3, 0.4) is 0 Å². The molecule has 2 heterocycles. The van der Waals surface area contributed by atoms with Crippen molar-refractivity contribution in [1.82, 2.24) is 0 Å². The number of ether oxygens (including phenoxy) is 1. The molecule has 3 rings (SSSR count). The van der Waals surface area contributed by atoms with Gasteiger partial charge < -0.3 is 9.84 Å². The minimum absolute atomic E-state index is 0.127. The van der Waals surface area contributed by atoms with E-state index in [1.54, 1.807) is 0 Å². The maximum absolute atomic E-state index is 9.79. The van der Waals surface area contributed by atoms with E-state index in [2.05, 4.69) is 12.1 Å². The van der Waals surface area contributed by atoms with Gasteiger partial charge in [-0.05, 0) is 29.7 Å². The van der Waals surface area contributed by atoms with Crippen molar-refractivity contribution in [2.24, 2.45) is 5.92 Å². The SMILES string of the molecule is OC1CSCC1CC1Cc2ccccc2O1. The lowest BCUT2D eigenvalue weighted by atomic mass is 9.96. The summed E-state index contributed by atoms with van der Waals surface area (Å²) in [5, 5.41) is 9.79. The summed E-state index contributed by atoms with van der Waals surface area (Å²) in [5.41, 5.74) is 1.31. The van der Waals surface area contributed by atoms with Crippen LogP contribution in [0.1, 0.15) is 12.0 Å². The van der Waals surface area contributed by atoms with Gasteiger partial charge in [-0.25, -0.2) is 0 Å². The Labute approximate surface area is 100 Å². The molecule has 2 aliphatic heterocycles. The van der Waals surface area contributed by atoms with Crippen molar-refractivity contribution in [2.45, 2.75) is 25.0 Å². The zero-order valence-corrected chi connectivity index (χ0v) is 9.95. The number of hydrogen-bond donors (Lipinski definition) is 1. The Bertz CT molecular complexity index is 355.